The van der Waals surface area contributed by atoms with Gasteiger partial charge in [-0.15, -0.1) is 13.2 Å². The van der Waals surface area contributed by atoms with E-state index in [1.807, 2.05) is 13.8 Å². The van der Waals surface area contributed by atoms with Crippen molar-refractivity contribution in [1.29, 1.82) is 0 Å². The summed E-state index contributed by atoms with van der Waals surface area (Å²) >= 11 is 0. The number of halogens is 3. The summed E-state index contributed by atoms with van der Waals surface area (Å²) in [5.41, 5.74) is 0.233. The summed E-state index contributed by atoms with van der Waals surface area (Å²) in [6, 6.07) is 5.65. The fraction of sp³-hybridized carbons (Fsp3) is 0.579. The van der Waals surface area contributed by atoms with Gasteiger partial charge in [-0.1, -0.05) is 32.0 Å². The van der Waals surface area contributed by atoms with Crippen molar-refractivity contribution in [1.82, 2.24) is 10.2 Å². The molecule has 1 N–H and O–H groups in total. The van der Waals surface area contributed by atoms with E-state index in [1.165, 1.54) is 18.2 Å². The van der Waals surface area contributed by atoms with E-state index < -0.39 is 6.36 Å². The lowest BCUT2D eigenvalue weighted by molar-refractivity contribution is -0.274. The molecule has 0 aliphatic heterocycles. The maximum absolute atomic E-state index is 12.4. The van der Waals surface area contributed by atoms with Crippen molar-refractivity contribution in [3.63, 3.8) is 0 Å². The molecule has 0 heterocycles. The van der Waals surface area contributed by atoms with Crippen LogP contribution in [0, 0.1) is 0 Å². The zero-order chi connectivity index (χ0) is 20.3. The Hall–Kier alpha value is -2.25. The molecule has 1 aromatic carbocycles. The van der Waals surface area contributed by atoms with Crippen LogP contribution in [-0.4, -0.2) is 36.2 Å². The second-order valence-corrected chi connectivity index (χ2v) is 6.17. The number of hydrogen-bond acceptors (Lipinski definition) is 3. The fourth-order valence-corrected chi connectivity index (χ4v) is 2.62. The summed E-state index contributed by atoms with van der Waals surface area (Å²) in [6.07, 6.45) is -2.21. The lowest BCUT2D eigenvalue weighted by atomic mass is 10.1. The Balaban J connectivity index is 2.43. The van der Waals surface area contributed by atoms with Crippen LogP contribution < -0.4 is 10.1 Å². The monoisotopic (exact) mass is 388 g/mol. The molecule has 27 heavy (non-hydrogen) atoms. The Bertz CT molecular complexity index is 600. The average Bonchev–Trinajstić information content (AvgIpc) is 2.59. The van der Waals surface area contributed by atoms with Gasteiger partial charge in [-0.2, -0.15) is 0 Å². The molecule has 1 rings (SSSR count). The summed E-state index contributed by atoms with van der Waals surface area (Å²) in [5, 5.41) is 2.57. The van der Waals surface area contributed by atoms with Crippen LogP contribution in [0.4, 0.5) is 13.2 Å². The van der Waals surface area contributed by atoms with Crippen molar-refractivity contribution >= 4 is 11.8 Å². The average molecular weight is 388 g/mol. The topological polar surface area (TPSA) is 58.6 Å². The number of nitrogens with one attached hydrogen (secondary N) is 1. The van der Waals surface area contributed by atoms with Crippen LogP contribution in [0.15, 0.2) is 24.3 Å². The van der Waals surface area contributed by atoms with Crippen LogP contribution in [0.5, 0.6) is 5.75 Å². The molecule has 8 heteroatoms. The Morgan fingerprint density at radius 2 is 1.70 bits per heavy atom. The van der Waals surface area contributed by atoms with Crippen LogP contribution in [0.1, 0.15) is 51.5 Å². The Morgan fingerprint density at radius 3 is 2.30 bits per heavy atom. The number of alkyl halides is 3. The lowest BCUT2D eigenvalue weighted by Crippen LogP contribution is -2.32. The van der Waals surface area contributed by atoms with Crippen molar-refractivity contribution in [3.8, 4) is 5.75 Å². The SMILES string of the molecule is CCCN(CCC)C(=O)CCCC(=O)NCc1ccccc1OC(F)(F)F. The van der Waals surface area contributed by atoms with Crippen molar-refractivity contribution < 1.29 is 27.5 Å². The molecule has 0 aliphatic rings. The first-order chi connectivity index (χ1) is 12.8. The van der Waals surface area contributed by atoms with Crippen LogP contribution >= 0.6 is 0 Å². The number of rotatable bonds is 11. The number of para-hydroxylation sites is 1. The summed E-state index contributed by atoms with van der Waals surface area (Å²) in [6.45, 7) is 5.34. The third-order valence-corrected chi connectivity index (χ3v) is 3.81. The van der Waals surface area contributed by atoms with Gasteiger partial charge in [0.25, 0.3) is 0 Å². The maximum Gasteiger partial charge on any atom is 0.573 e. The minimum absolute atomic E-state index is 0.0235. The minimum atomic E-state index is -4.79. The van der Waals surface area contributed by atoms with Gasteiger partial charge in [0.15, 0.2) is 0 Å². The van der Waals surface area contributed by atoms with E-state index in [-0.39, 0.29) is 42.5 Å². The summed E-state index contributed by atoms with van der Waals surface area (Å²) in [5.74, 6) is -0.632. The molecule has 0 atom stereocenters. The van der Waals surface area contributed by atoms with E-state index in [9.17, 15) is 22.8 Å². The van der Waals surface area contributed by atoms with E-state index >= 15 is 0 Å². The summed E-state index contributed by atoms with van der Waals surface area (Å²) < 4.78 is 41.1. The molecular formula is C19H27F3N2O3. The number of nitrogens with zero attached hydrogens (tertiary/aromatic N) is 1. The smallest absolute Gasteiger partial charge is 0.405 e. The number of carbonyl (C=O) groups is 2. The van der Waals surface area contributed by atoms with E-state index in [0.717, 1.165) is 12.8 Å². The molecule has 2 amide bonds. The van der Waals surface area contributed by atoms with Gasteiger partial charge in [0.05, 0.1) is 0 Å². The number of hydrogen-bond donors (Lipinski definition) is 1. The van der Waals surface area contributed by atoms with Gasteiger partial charge in [0, 0.05) is 38.0 Å². The van der Waals surface area contributed by atoms with Crippen LogP contribution in [0.25, 0.3) is 0 Å². The third kappa shape index (κ3) is 9.30. The number of carbonyl (C=O) groups excluding carboxylic acids is 2. The molecule has 0 radical (unpaired) electrons. The molecule has 0 aromatic heterocycles. The lowest BCUT2D eigenvalue weighted by Gasteiger charge is -2.21. The second-order valence-electron chi connectivity index (χ2n) is 6.17. The molecule has 0 spiro atoms. The highest BCUT2D eigenvalue weighted by atomic mass is 19.4. The van der Waals surface area contributed by atoms with Gasteiger partial charge in [0.1, 0.15) is 5.75 Å². The second kappa shape index (κ2) is 11.5. The summed E-state index contributed by atoms with van der Waals surface area (Å²) in [7, 11) is 0. The molecule has 0 bridgehead atoms. The zero-order valence-corrected chi connectivity index (χ0v) is 15.8. The van der Waals surface area contributed by atoms with Gasteiger partial charge in [-0.25, -0.2) is 0 Å². The number of amides is 2. The van der Waals surface area contributed by atoms with E-state index in [2.05, 4.69) is 10.1 Å². The van der Waals surface area contributed by atoms with Crippen LogP contribution in [-0.2, 0) is 16.1 Å². The van der Waals surface area contributed by atoms with E-state index in [4.69, 9.17) is 0 Å². The van der Waals surface area contributed by atoms with Crippen molar-refractivity contribution in [2.75, 3.05) is 13.1 Å². The highest BCUT2D eigenvalue weighted by Crippen LogP contribution is 2.26. The van der Waals surface area contributed by atoms with Crippen molar-refractivity contribution in [2.24, 2.45) is 0 Å². The zero-order valence-electron chi connectivity index (χ0n) is 15.8. The van der Waals surface area contributed by atoms with Gasteiger partial charge in [-0.05, 0) is 25.3 Å². The van der Waals surface area contributed by atoms with E-state index in [0.29, 0.717) is 19.5 Å². The Kier molecular flexibility index (Phi) is 9.67. The quantitative estimate of drug-likeness (QED) is 0.623. The van der Waals surface area contributed by atoms with Gasteiger partial charge in [0.2, 0.25) is 11.8 Å². The highest BCUT2D eigenvalue weighted by Gasteiger charge is 2.31. The first-order valence-corrected chi connectivity index (χ1v) is 9.15. The Labute approximate surface area is 157 Å². The maximum atomic E-state index is 12.4. The molecule has 1 aromatic rings. The fourth-order valence-electron chi connectivity index (χ4n) is 2.62. The molecule has 152 valence electrons. The number of benzene rings is 1. The molecule has 0 unspecified atom stereocenters. The minimum Gasteiger partial charge on any atom is -0.405 e. The largest absolute Gasteiger partial charge is 0.573 e. The predicted octanol–water partition coefficient (Wildman–Crippen LogP) is 4.02. The van der Waals surface area contributed by atoms with Crippen LogP contribution in [0.3, 0.4) is 0 Å². The van der Waals surface area contributed by atoms with Crippen molar-refractivity contribution in [3.05, 3.63) is 29.8 Å². The van der Waals surface area contributed by atoms with Crippen LogP contribution in [0.2, 0.25) is 0 Å². The molecule has 0 saturated carbocycles. The molecule has 0 aliphatic carbocycles. The number of ether oxygens (including phenoxy) is 1. The molecule has 0 saturated heterocycles. The van der Waals surface area contributed by atoms with Gasteiger partial charge < -0.3 is 15.0 Å². The first kappa shape index (κ1) is 22.8. The summed E-state index contributed by atoms with van der Waals surface area (Å²) in [4.78, 5) is 25.8. The normalized spacial score (nSPS) is 11.1. The predicted molar refractivity (Wildman–Crippen MR) is 96.0 cm³/mol. The van der Waals surface area contributed by atoms with Crippen molar-refractivity contribution in [2.45, 2.75) is 58.9 Å². The first-order valence-electron chi connectivity index (χ1n) is 9.15. The Morgan fingerprint density at radius 1 is 1.07 bits per heavy atom. The molecular weight excluding hydrogens is 361 g/mol. The van der Waals surface area contributed by atoms with Gasteiger partial charge >= 0.3 is 6.36 Å². The highest BCUT2D eigenvalue weighted by molar-refractivity contribution is 5.79. The molecule has 0 fully saturated rings. The third-order valence-electron chi connectivity index (χ3n) is 3.81. The van der Waals surface area contributed by atoms with Gasteiger partial charge in [-0.3, -0.25) is 9.59 Å². The van der Waals surface area contributed by atoms with E-state index in [1.54, 1.807) is 11.0 Å². The standard InChI is InChI=1S/C19H27F3N2O3/c1-3-12-24(13-4-2)18(26)11-7-10-17(25)23-14-15-8-5-6-9-16(15)27-19(20,21)22/h5-6,8-9H,3-4,7,10-14H2,1-2H3,(H,23,25). The molecule has 5 nitrogen and oxygen atoms in total.